The number of piperidine rings is 1. The molecule has 8 nitrogen and oxygen atoms in total. The van der Waals surface area contributed by atoms with Gasteiger partial charge in [0.25, 0.3) is 5.91 Å². The zero-order valence-electron chi connectivity index (χ0n) is 17.1. The molecule has 0 saturated carbocycles. The minimum atomic E-state index is -3.86. The van der Waals surface area contributed by atoms with Gasteiger partial charge in [-0.15, -0.1) is 11.3 Å². The summed E-state index contributed by atoms with van der Waals surface area (Å²) in [4.78, 5) is 24.5. The average molecular weight is 463 g/mol. The molecule has 3 heterocycles. The predicted molar refractivity (Wildman–Crippen MR) is 119 cm³/mol. The second-order valence-corrected chi connectivity index (χ2v) is 10.7. The van der Waals surface area contributed by atoms with Crippen LogP contribution in [-0.4, -0.2) is 50.2 Å². The van der Waals surface area contributed by atoms with E-state index in [9.17, 15) is 18.0 Å². The van der Waals surface area contributed by atoms with Crippen molar-refractivity contribution < 1.29 is 18.0 Å². The summed E-state index contributed by atoms with van der Waals surface area (Å²) in [5.74, 6) is -0.915. The highest BCUT2D eigenvalue weighted by molar-refractivity contribution is 7.89. The minimum Gasteiger partial charge on any atom is -0.366 e. The first kappa shape index (κ1) is 21.9. The number of nitrogens with two attached hydrogens (primary N) is 1. The molecule has 1 aromatic carbocycles. The van der Waals surface area contributed by atoms with Gasteiger partial charge in [-0.25, -0.2) is 8.42 Å². The van der Waals surface area contributed by atoms with E-state index in [0.717, 1.165) is 48.3 Å². The molecule has 1 fully saturated rings. The fourth-order valence-electron chi connectivity index (χ4n) is 4.09. The van der Waals surface area contributed by atoms with Gasteiger partial charge in [0.15, 0.2) is 0 Å². The fourth-order valence-corrected chi connectivity index (χ4v) is 6.83. The third-order valence-electron chi connectivity index (χ3n) is 5.84. The third kappa shape index (κ3) is 4.67. The van der Waals surface area contributed by atoms with Gasteiger partial charge in [0.2, 0.25) is 15.9 Å². The number of benzene rings is 1. The van der Waals surface area contributed by atoms with Gasteiger partial charge in [0.05, 0.1) is 0 Å². The SMILES string of the molecule is NC(=O)c1ccc2c(c1)CN(S(=O)(=O)c1ccsc1C(=O)NC[C@H]1CCCCN1)CC2. The summed E-state index contributed by atoms with van der Waals surface area (Å²) in [7, 11) is -3.86. The van der Waals surface area contributed by atoms with Crippen molar-refractivity contribution in [2.45, 2.75) is 43.2 Å². The first-order valence-electron chi connectivity index (χ1n) is 10.4. The monoisotopic (exact) mass is 462 g/mol. The molecule has 2 aromatic rings. The van der Waals surface area contributed by atoms with E-state index in [2.05, 4.69) is 10.6 Å². The Balaban J connectivity index is 1.51. The standard InChI is InChI=1S/C21H26N4O4S2/c22-20(26)15-5-4-14-6-9-25(13-16(14)11-15)31(28,29)18-7-10-30-19(18)21(27)24-12-17-3-1-2-8-23-17/h4-5,7,10-11,17,23H,1-3,6,8-9,12-13H2,(H2,22,26)(H,24,27)/t17-/m1/s1. The van der Waals surface area contributed by atoms with Gasteiger partial charge in [-0.3, -0.25) is 9.59 Å². The van der Waals surface area contributed by atoms with Crippen molar-refractivity contribution >= 4 is 33.2 Å². The van der Waals surface area contributed by atoms with Crippen LogP contribution < -0.4 is 16.4 Å². The Kier molecular flexibility index (Phi) is 6.42. The van der Waals surface area contributed by atoms with Crippen LogP contribution in [0, 0.1) is 0 Å². The molecule has 166 valence electrons. The summed E-state index contributed by atoms with van der Waals surface area (Å²) < 4.78 is 28.1. The molecule has 0 radical (unpaired) electrons. The van der Waals surface area contributed by atoms with Crippen molar-refractivity contribution in [3.8, 4) is 0 Å². The minimum absolute atomic E-state index is 0.0288. The van der Waals surface area contributed by atoms with Crippen molar-refractivity contribution in [2.24, 2.45) is 5.73 Å². The molecule has 2 aliphatic rings. The quantitative estimate of drug-likeness (QED) is 0.600. The summed E-state index contributed by atoms with van der Waals surface area (Å²) in [5, 5.41) is 7.88. The predicted octanol–water partition coefficient (Wildman–Crippen LogP) is 1.47. The molecule has 4 N–H and O–H groups in total. The number of primary amides is 1. The van der Waals surface area contributed by atoms with Crippen LogP contribution in [0.1, 0.15) is 50.4 Å². The number of amides is 2. The Labute approximate surface area is 185 Å². The number of carbonyl (C=O) groups is 2. The normalized spacial score (nSPS) is 19.5. The van der Waals surface area contributed by atoms with Crippen molar-refractivity contribution in [3.63, 3.8) is 0 Å². The number of sulfonamides is 1. The number of nitrogens with zero attached hydrogens (tertiary/aromatic N) is 1. The van der Waals surface area contributed by atoms with E-state index >= 15 is 0 Å². The number of hydrogen-bond donors (Lipinski definition) is 3. The van der Waals surface area contributed by atoms with Crippen molar-refractivity contribution in [3.05, 3.63) is 51.2 Å². The van der Waals surface area contributed by atoms with Crippen LogP contribution >= 0.6 is 11.3 Å². The number of carbonyl (C=O) groups excluding carboxylic acids is 2. The van der Waals surface area contributed by atoms with Gasteiger partial charge in [-0.05, 0) is 60.5 Å². The summed E-state index contributed by atoms with van der Waals surface area (Å²) in [5.41, 5.74) is 7.47. The molecule has 2 aliphatic heterocycles. The van der Waals surface area contributed by atoms with Crippen LogP contribution in [-0.2, 0) is 23.0 Å². The molecule has 4 rings (SSSR count). The van der Waals surface area contributed by atoms with Gasteiger partial charge in [0, 0.05) is 31.2 Å². The zero-order valence-corrected chi connectivity index (χ0v) is 18.7. The molecule has 2 amide bonds. The largest absolute Gasteiger partial charge is 0.366 e. The Bertz CT molecular complexity index is 1090. The Hall–Kier alpha value is -2.27. The zero-order chi connectivity index (χ0) is 22.0. The van der Waals surface area contributed by atoms with Crippen LogP contribution in [0.15, 0.2) is 34.5 Å². The van der Waals surface area contributed by atoms with E-state index in [1.165, 1.54) is 10.4 Å². The number of hydrogen-bond acceptors (Lipinski definition) is 6. The lowest BCUT2D eigenvalue weighted by Crippen LogP contribution is -2.43. The molecular weight excluding hydrogens is 436 g/mol. The molecule has 10 heteroatoms. The maximum Gasteiger partial charge on any atom is 0.262 e. The summed E-state index contributed by atoms with van der Waals surface area (Å²) >= 11 is 1.13. The first-order chi connectivity index (χ1) is 14.9. The molecule has 1 atom stereocenters. The first-order valence-corrected chi connectivity index (χ1v) is 12.7. The number of nitrogens with one attached hydrogen (secondary N) is 2. The van der Waals surface area contributed by atoms with Gasteiger partial charge < -0.3 is 16.4 Å². The van der Waals surface area contributed by atoms with Gasteiger partial charge in [-0.1, -0.05) is 12.5 Å². The highest BCUT2D eigenvalue weighted by Gasteiger charge is 2.33. The van der Waals surface area contributed by atoms with Crippen molar-refractivity contribution in [2.75, 3.05) is 19.6 Å². The molecule has 0 unspecified atom stereocenters. The summed E-state index contributed by atoms with van der Waals surface area (Å²) in [6.07, 6.45) is 3.79. The lowest BCUT2D eigenvalue weighted by atomic mass is 9.98. The van der Waals surface area contributed by atoms with E-state index in [-0.39, 0.29) is 28.3 Å². The third-order valence-corrected chi connectivity index (χ3v) is 8.77. The van der Waals surface area contributed by atoms with E-state index in [0.29, 0.717) is 25.1 Å². The Morgan fingerprint density at radius 2 is 2.06 bits per heavy atom. The maximum atomic E-state index is 13.4. The summed E-state index contributed by atoms with van der Waals surface area (Å²) in [6, 6.07) is 6.84. The second-order valence-electron chi connectivity index (χ2n) is 7.91. The topological polar surface area (TPSA) is 122 Å². The van der Waals surface area contributed by atoms with Crippen LogP contribution in [0.3, 0.4) is 0 Å². The van der Waals surface area contributed by atoms with Crippen LogP contribution in [0.5, 0.6) is 0 Å². The molecule has 0 aliphatic carbocycles. The molecule has 1 saturated heterocycles. The van der Waals surface area contributed by atoms with E-state index < -0.39 is 15.9 Å². The van der Waals surface area contributed by atoms with Gasteiger partial charge in [0.1, 0.15) is 9.77 Å². The maximum absolute atomic E-state index is 13.4. The summed E-state index contributed by atoms with van der Waals surface area (Å²) in [6.45, 7) is 1.87. The number of rotatable bonds is 6. The van der Waals surface area contributed by atoms with Gasteiger partial charge in [-0.2, -0.15) is 4.31 Å². The Morgan fingerprint density at radius 3 is 2.81 bits per heavy atom. The lowest BCUT2D eigenvalue weighted by molar-refractivity contribution is 0.0947. The molecular formula is C21H26N4O4S2. The number of thiophene rings is 1. The van der Waals surface area contributed by atoms with Gasteiger partial charge >= 0.3 is 0 Å². The lowest BCUT2D eigenvalue weighted by Gasteiger charge is -2.28. The second kappa shape index (κ2) is 9.07. The molecule has 0 bridgehead atoms. The van der Waals surface area contributed by atoms with Crippen molar-refractivity contribution in [1.82, 2.24) is 14.9 Å². The van der Waals surface area contributed by atoms with E-state index in [1.54, 1.807) is 17.5 Å². The molecule has 1 aromatic heterocycles. The fraction of sp³-hybridized carbons (Fsp3) is 0.429. The van der Waals surface area contributed by atoms with Crippen LogP contribution in [0.2, 0.25) is 0 Å². The Morgan fingerprint density at radius 1 is 1.23 bits per heavy atom. The van der Waals surface area contributed by atoms with Crippen LogP contribution in [0.4, 0.5) is 0 Å². The highest BCUT2D eigenvalue weighted by atomic mass is 32.2. The van der Waals surface area contributed by atoms with Crippen molar-refractivity contribution in [1.29, 1.82) is 0 Å². The van der Waals surface area contributed by atoms with E-state index in [4.69, 9.17) is 5.73 Å². The number of fused-ring (bicyclic) bond motifs is 1. The average Bonchev–Trinajstić information content (AvgIpc) is 3.28. The van der Waals surface area contributed by atoms with E-state index in [1.807, 2.05) is 6.07 Å². The molecule has 31 heavy (non-hydrogen) atoms. The van der Waals surface area contributed by atoms with Crippen LogP contribution in [0.25, 0.3) is 0 Å². The highest BCUT2D eigenvalue weighted by Crippen LogP contribution is 2.30. The molecule has 0 spiro atoms. The smallest absolute Gasteiger partial charge is 0.262 e.